The van der Waals surface area contributed by atoms with Gasteiger partial charge >= 0.3 is 0 Å². The molecule has 0 spiro atoms. The van der Waals surface area contributed by atoms with Crippen LogP contribution >= 0.6 is 0 Å². The maximum atomic E-state index is 13.0. The maximum Gasteiger partial charge on any atom is 0.277 e. The quantitative estimate of drug-likeness (QED) is 0.622. The largest absolute Gasteiger partial charge is 0.478 e. The lowest BCUT2D eigenvalue weighted by atomic mass is 10.2. The highest BCUT2D eigenvalue weighted by Gasteiger charge is 2.08. The maximum absolute atomic E-state index is 13.0. The van der Waals surface area contributed by atoms with Crippen molar-refractivity contribution in [2.24, 2.45) is 4.99 Å². The Kier molecular flexibility index (Phi) is 6.10. The molecule has 1 heterocycles. The molecule has 0 aliphatic heterocycles. The number of hydrogen-bond donors (Lipinski definition) is 0. The minimum Gasteiger partial charge on any atom is -0.478 e. The third-order valence-corrected chi connectivity index (χ3v) is 3.86. The first-order chi connectivity index (χ1) is 13.2. The van der Waals surface area contributed by atoms with Crippen LogP contribution in [0.1, 0.15) is 30.1 Å². The van der Waals surface area contributed by atoms with E-state index in [0.717, 1.165) is 18.5 Å². The van der Waals surface area contributed by atoms with Crippen LogP contribution in [0.5, 0.6) is 5.88 Å². The summed E-state index contributed by atoms with van der Waals surface area (Å²) in [5.74, 6) is -0.361. The Morgan fingerprint density at radius 2 is 1.89 bits per heavy atom. The molecule has 0 aliphatic carbocycles. The number of ether oxygens (including phenoxy) is 1. The van der Waals surface area contributed by atoms with Gasteiger partial charge in [0.1, 0.15) is 5.82 Å². The molecule has 1 amide bonds. The lowest BCUT2D eigenvalue weighted by Crippen LogP contribution is -2.15. The Hall–Kier alpha value is -3.28. The fraction of sp³-hybridized carbons (Fsp3) is 0.190. The Balaban J connectivity index is 1.95. The van der Waals surface area contributed by atoms with Crippen molar-refractivity contribution in [2.45, 2.75) is 19.8 Å². The van der Waals surface area contributed by atoms with Crippen molar-refractivity contribution in [3.8, 4) is 11.6 Å². The first-order valence-corrected chi connectivity index (χ1v) is 8.79. The number of benzene rings is 2. The SMILES string of the molecule is CCCCOc1c/c(=N\C(=O)c2ccc(F)cc2)cnn1-c1ccccc1. The molecule has 0 atom stereocenters. The van der Waals surface area contributed by atoms with Gasteiger partial charge in [-0.25, -0.2) is 14.1 Å². The van der Waals surface area contributed by atoms with Crippen LogP contribution < -0.4 is 10.1 Å². The Morgan fingerprint density at radius 1 is 1.15 bits per heavy atom. The second-order valence-corrected chi connectivity index (χ2v) is 5.93. The summed E-state index contributed by atoms with van der Waals surface area (Å²) in [4.78, 5) is 16.4. The highest BCUT2D eigenvalue weighted by Crippen LogP contribution is 2.14. The highest BCUT2D eigenvalue weighted by molar-refractivity contribution is 5.94. The van der Waals surface area contributed by atoms with Crippen LogP contribution in [-0.4, -0.2) is 22.3 Å². The first-order valence-electron chi connectivity index (χ1n) is 8.79. The predicted molar refractivity (Wildman–Crippen MR) is 100 cm³/mol. The van der Waals surface area contributed by atoms with Crippen LogP contribution in [0, 0.1) is 5.82 Å². The van der Waals surface area contributed by atoms with Gasteiger partial charge < -0.3 is 4.74 Å². The number of carbonyl (C=O) groups is 1. The second-order valence-electron chi connectivity index (χ2n) is 5.93. The van der Waals surface area contributed by atoms with Crippen LogP contribution in [0.2, 0.25) is 0 Å². The van der Waals surface area contributed by atoms with Crippen LogP contribution in [-0.2, 0) is 0 Å². The number of nitrogens with zero attached hydrogens (tertiary/aromatic N) is 3. The third-order valence-electron chi connectivity index (χ3n) is 3.86. The van der Waals surface area contributed by atoms with E-state index in [2.05, 4.69) is 17.0 Å². The zero-order valence-corrected chi connectivity index (χ0v) is 15.0. The minimum atomic E-state index is -0.464. The van der Waals surface area contributed by atoms with Crippen LogP contribution in [0.3, 0.4) is 0 Å². The van der Waals surface area contributed by atoms with E-state index in [0.29, 0.717) is 23.4 Å². The van der Waals surface area contributed by atoms with Crippen molar-refractivity contribution in [2.75, 3.05) is 6.61 Å². The highest BCUT2D eigenvalue weighted by atomic mass is 19.1. The van der Waals surface area contributed by atoms with E-state index >= 15 is 0 Å². The van der Waals surface area contributed by atoms with Crippen molar-refractivity contribution in [3.05, 3.63) is 83.6 Å². The summed E-state index contributed by atoms with van der Waals surface area (Å²) >= 11 is 0. The van der Waals surface area contributed by atoms with Gasteiger partial charge in [-0.3, -0.25) is 4.79 Å². The van der Waals surface area contributed by atoms with Crippen molar-refractivity contribution in [3.63, 3.8) is 0 Å². The topological polar surface area (TPSA) is 56.5 Å². The fourth-order valence-corrected chi connectivity index (χ4v) is 2.42. The molecule has 1 aromatic heterocycles. The molecular formula is C21H20FN3O2. The molecule has 0 aliphatic rings. The van der Waals surface area contributed by atoms with E-state index in [1.807, 2.05) is 30.3 Å². The first kappa shape index (κ1) is 18.5. The van der Waals surface area contributed by atoms with Gasteiger partial charge in [-0.1, -0.05) is 31.5 Å². The summed E-state index contributed by atoms with van der Waals surface area (Å²) in [7, 11) is 0. The number of para-hydroxylation sites is 1. The molecule has 2 aromatic carbocycles. The molecule has 0 saturated heterocycles. The van der Waals surface area contributed by atoms with Gasteiger partial charge in [0.05, 0.1) is 23.8 Å². The molecule has 3 rings (SSSR count). The van der Waals surface area contributed by atoms with Gasteiger partial charge in [-0.05, 0) is 42.8 Å². The molecule has 6 heteroatoms. The second kappa shape index (κ2) is 8.89. The monoisotopic (exact) mass is 365 g/mol. The molecule has 0 radical (unpaired) electrons. The molecular weight excluding hydrogens is 345 g/mol. The van der Waals surface area contributed by atoms with Crippen molar-refractivity contribution < 1.29 is 13.9 Å². The van der Waals surface area contributed by atoms with Crippen molar-refractivity contribution in [1.82, 2.24) is 9.78 Å². The van der Waals surface area contributed by atoms with Gasteiger partial charge in [-0.15, -0.1) is 0 Å². The van der Waals surface area contributed by atoms with Gasteiger partial charge in [0.2, 0.25) is 5.88 Å². The van der Waals surface area contributed by atoms with E-state index in [9.17, 15) is 9.18 Å². The van der Waals surface area contributed by atoms with Crippen LogP contribution in [0.15, 0.2) is 71.9 Å². The fourth-order valence-electron chi connectivity index (χ4n) is 2.42. The minimum absolute atomic E-state index is 0.310. The molecule has 0 fully saturated rings. The third kappa shape index (κ3) is 4.88. The van der Waals surface area contributed by atoms with E-state index in [1.54, 1.807) is 10.7 Å². The number of rotatable bonds is 6. The lowest BCUT2D eigenvalue weighted by molar-refractivity contribution is 0.0998. The molecule has 138 valence electrons. The van der Waals surface area contributed by atoms with Gasteiger partial charge in [0.15, 0.2) is 0 Å². The van der Waals surface area contributed by atoms with Crippen LogP contribution in [0.4, 0.5) is 4.39 Å². The summed E-state index contributed by atoms with van der Waals surface area (Å²) in [5, 5.41) is 4.75. The normalized spacial score (nSPS) is 11.4. The lowest BCUT2D eigenvalue weighted by Gasteiger charge is -2.13. The Labute approximate surface area is 156 Å². The molecule has 0 N–H and O–H groups in total. The molecule has 0 bridgehead atoms. The number of halogens is 1. The number of hydrogen-bond acceptors (Lipinski definition) is 3. The number of amides is 1. The average Bonchev–Trinajstić information content (AvgIpc) is 2.69. The predicted octanol–water partition coefficient (Wildman–Crippen LogP) is 3.93. The van der Waals surface area contributed by atoms with Crippen molar-refractivity contribution in [1.29, 1.82) is 0 Å². The summed E-state index contributed by atoms with van der Waals surface area (Å²) in [6.45, 7) is 2.63. The van der Waals surface area contributed by atoms with E-state index in [4.69, 9.17) is 4.74 Å². The van der Waals surface area contributed by atoms with E-state index in [1.165, 1.54) is 30.5 Å². The number of carbonyl (C=O) groups excluding carboxylic acids is 1. The zero-order valence-electron chi connectivity index (χ0n) is 15.0. The summed E-state index contributed by atoms with van der Waals surface area (Å²) in [6, 6.07) is 16.5. The summed E-state index contributed by atoms with van der Waals surface area (Å²) in [5.41, 5.74) is 1.16. The summed E-state index contributed by atoms with van der Waals surface area (Å²) in [6.07, 6.45) is 3.41. The standard InChI is InChI=1S/C21H20FN3O2/c1-2-3-13-27-20-14-18(15-23-25(20)19-7-5-4-6-8-19)24-21(26)16-9-11-17(22)12-10-16/h4-12,14-15H,2-3,13H2,1H3/b24-18+. The average molecular weight is 365 g/mol. The number of aromatic nitrogens is 2. The Morgan fingerprint density at radius 3 is 2.59 bits per heavy atom. The van der Waals surface area contributed by atoms with E-state index in [-0.39, 0.29) is 0 Å². The van der Waals surface area contributed by atoms with Gasteiger partial charge in [-0.2, -0.15) is 5.10 Å². The molecule has 0 unspecified atom stereocenters. The molecule has 0 saturated carbocycles. The Bertz CT molecular complexity index is 967. The van der Waals surface area contributed by atoms with Crippen molar-refractivity contribution >= 4 is 5.91 Å². The number of unbranched alkanes of at least 4 members (excludes halogenated alkanes) is 1. The van der Waals surface area contributed by atoms with Gasteiger partial charge in [0.25, 0.3) is 5.91 Å². The molecule has 3 aromatic rings. The van der Waals surface area contributed by atoms with E-state index < -0.39 is 11.7 Å². The summed E-state index contributed by atoms with van der Waals surface area (Å²) < 4.78 is 20.5. The molecule has 5 nitrogen and oxygen atoms in total. The van der Waals surface area contributed by atoms with Gasteiger partial charge in [0, 0.05) is 11.6 Å². The smallest absolute Gasteiger partial charge is 0.277 e. The zero-order chi connectivity index (χ0) is 19.1. The molecule has 27 heavy (non-hydrogen) atoms. The van der Waals surface area contributed by atoms with Crippen LogP contribution in [0.25, 0.3) is 5.69 Å².